The predicted molar refractivity (Wildman–Crippen MR) is 58.1 cm³/mol. The van der Waals surface area contributed by atoms with Crippen LogP contribution < -0.4 is 0 Å². The molecule has 0 saturated heterocycles. The average molecular weight is 196 g/mol. The van der Waals surface area contributed by atoms with Gasteiger partial charge in [0, 0.05) is 18.3 Å². The summed E-state index contributed by atoms with van der Waals surface area (Å²) in [6, 6.07) is 0. The Bertz CT molecular complexity index is 221. The highest BCUT2D eigenvalue weighted by atomic mass is 16.1. The smallest absolute Gasteiger partial charge is 0.155 e. The molecule has 0 atom stereocenters. The minimum absolute atomic E-state index is 0.0632. The Kier molecular flexibility index (Phi) is 5.36. The zero-order valence-electron chi connectivity index (χ0n) is 9.43. The molecule has 0 aliphatic carbocycles. The van der Waals surface area contributed by atoms with Crippen molar-refractivity contribution in [2.24, 2.45) is 5.41 Å². The van der Waals surface area contributed by atoms with E-state index in [1.54, 1.807) is 0 Å². The van der Waals surface area contributed by atoms with Crippen molar-refractivity contribution in [2.75, 3.05) is 0 Å². The molecule has 0 amide bonds. The molecule has 0 aromatic heterocycles. The van der Waals surface area contributed by atoms with Crippen LogP contribution in [0.15, 0.2) is 12.7 Å². The van der Waals surface area contributed by atoms with Crippen LogP contribution in [0.2, 0.25) is 0 Å². The first kappa shape index (κ1) is 13.1. The summed E-state index contributed by atoms with van der Waals surface area (Å²) in [5, 5.41) is 0. The lowest BCUT2D eigenvalue weighted by Gasteiger charge is -2.15. The number of hydrogen-bond donors (Lipinski definition) is 0. The van der Waals surface area contributed by atoms with Gasteiger partial charge in [0.05, 0.1) is 0 Å². The van der Waals surface area contributed by atoms with Crippen LogP contribution in [0.5, 0.6) is 0 Å². The SMILES string of the molecule is C=CC(=O)CCCCC(=O)C(C)(C)C. The maximum absolute atomic E-state index is 11.5. The van der Waals surface area contributed by atoms with Crippen molar-refractivity contribution >= 4 is 11.6 Å². The second-order valence-electron chi connectivity index (χ2n) is 4.55. The Morgan fingerprint density at radius 1 is 1.14 bits per heavy atom. The number of hydrogen-bond acceptors (Lipinski definition) is 2. The molecule has 0 N–H and O–H groups in total. The first-order valence-corrected chi connectivity index (χ1v) is 5.06. The summed E-state index contributed by atoms with van der Waals surface area (Å²) in [6.45, 7) is 9.16. The normalized spacial score (nSPS) is 11.1. The molecule has 0 rings (SSSR count). The molecule has 0 spiro atoms. The van der Waals surface area contributed by atoms with Gasteiger partial charge in [-0.05, 0) is 18.9 Å². The van der Waals surface area contributed by atoms with Gasteiger partial charge in [0.25, 0.3) is 0 Å². The van der Waals surface area contributed by atoms with Crippen LogP contribution >= 0.6 is 0 Å². The highest BCUT2D eigenvalue weighted by Crippen LogP contribution is 2.18. The molecule has 0 fully saturated rings. The van der Waals surface area contributed by atoms with E-state index in [9.17, 15) is 9.59 Å². The fourth-order valence-electron chi connectivity index (χ4n) is 1.06. The van der Waals surface area contributed by atoms with Gasteiger partial charge in [-0.3, -0.25) is 9.59 Å². The minimum atomic E-state index is -0.248. The predicted octanol–water partition coefficient (Wildman–Crippen LogP) is 2.92. The van der Waals surface area contributed by atoms with E-state index >= 15 is 0 Å². The molecule has 2 heteroatoms. The van der Waals surface area contributed by atoms with Crippen LogP contribution in [0, 0.1) is 5.41 Å². The largest absolute Gasteiger partial charge is 0.299 e. The lowest BCUT2D eigenvalue weighted by Crippen LogP contribution is -2.19. The molecular weight excluding hydrogens is 176 g/mol. The van der Waals surface area contributed by atoms with Crippen LogP contribution in [0.3, 0.4) is 0 Å². The minimum Gasteiger partial charge on any atom is -0.299 e. The molecule has 14 heavy (non-hydrogen) atoms. The maximum atomic E-state index is 11.5. The molecule has 2 nitrogen and oxygen atoms in total. The van der Waals surface area contributed by atoms with Crippen molar-refractivity contribution in [1.82, 2.24) is 0 Å². The second-order valence-corrected chi connectivity index (χ2v) is 4.55. The number of unbranched alkanes of at least 4 members (excludes halogenated alkanes) is 1. The van der Waals surface area contributed by atoms with E-state index in [1.165, 1.54) is 6.08 Å². The number of Topliss-reactive ketones (excluding diaryl/α,β-unsaturated/α-hetero) is 1. The highest BCUT2D eigenvalue weighted by Gasteiger charge is 2.19. The standard InChI is InChI=1S/C12H20O2/c1-5-10(13)8-6-7-9-11(14)12(2,3)4/h5H,1,6-9H2,2-4H3. The number of carbonyl (C=O) groups excluding carboxylic acids is 2. The summed E-state index contributed by atoms with van der Waals surface area (Å²) < 4.78 is 0. The fourth-order valence-corrected chi connectivity index (χ4v) is 1.06. The summed E-state index contributed by atoms with van der Waals surface area (Å²) in [5.74, 6) is 0.330. The molecule has 0 radical (unpaired) electrons. The van der Waals surface area contributed by atoms with Crippen molar-refractivity contribution in [3.05, 3.63) is 12.7 Å². The van der Waals surface area contributed by atoms with Gasteiger partial charge in [-0.15, -0.1) is 0 Å². The Hall–Kier alpha value is -0.920. The Morgan fingerprint density at radius 2 is 1.64 bits per heavy atom. The van der Waals surface area contributed by atoms with Gasteiger partial charge in [0.1, 0.15) is 5.78 Å². The van der Waals surface area contributed by atoms with Crippen molar-refractivity contribution in [1.29, 1.82) is 0 Å². The van der Waals surface area contributed by atoms with Crippen LogP contribution in [0.25, 0.3) is 0 Å². The van der Waals surface area contributed by atoms with Crippen LogP contribution in [-0.2, 0) is 9.59 Å². The van der Waals surface area contributed by atoms with E-state index in [1.807, 2.05) is 20.8 Å². The van der Waals surface area contributed by atoms with Crippen LogP contribution in [0.1, 0.15) is 46.5 Å². The highest BCUT2D eigenvalue weighted by molar-refractivity contribution is 5.89. The van der Waals surface area contributed by atoms with Crippen molar-refractivity contribution in [3.63, 3.8) is 0 Å². The first-order valence-electron chi connectivity index (χ1n) is 5.06. The zero-order chi connectivity index (χ0) is 11.2. The Balaban J connectivity index is 3.61. The van der Waals surface area contributed by atoms with E-state index in [-0.39, 0.29) is 17.0 Å². The Labute approximate surface area is 86.4 Å². The molecule has 80 valence electrons. The summed E-state index contributed by atoms with van der Waals surface area (Å²) in [4.78, 5) is 22.3. The average Bonchev–Trinajstić information content (AvgIpc) is 2.09. The number of rotatable bonds is 6. The van der Waals surface area contributed by atoms with Gasteiger partial charge in [-0.2, -0.15) is 0 Å². The van der Waals surface area contributed by atoms with Gasteiger partial charge in [-0.1, -0.05) is 27.4 Å². The molecule has 0 unspecified atom stereocenters. The third kappa shape index (κ3) is 5.68. The number of ketones is 2. The molecule has 0 aliphatic rings. The summed E-state index contributed by atoms with van der Waals surface area (Å²) in [6.07, 6.45) is 4.02. The van der Waals surface area contributed by atoms with Gasteiger partial charge in [0.15, 0.2) is 5.78 Å². The summed E-state index contributed by atoms with van der Waals surface area (Å²) in [5.41, 5.74) is -0.248. The zero-order valence-corrected chi connectivity index (χ0v) is 9.43. The van der Waals surface area contributed by atoms with Crippen molar-refractivity contribution in [3.8, 4) is 0 Å². The van der Waals surface area contributed by atoms with E-state index in [0.29, 0.717) is 12.8 Å². The fraction of sp³-hybridized carbons (Fsp3) is 0.667. The third-order valence-electron chi connectivity index (χ3n) is 2.14. The second kappa shape index (κ2) is 5.74. The molecule has 0 aliphatic heterocycles. The van der Waals surface area contributed by atoms with Crippen molar-refractivity contribution in [2.45, 2.75) is 46.5 Å². The van der Waals surface area contributed by atoms with E-state index in [0.717, 1.165) is 12.8 Å². The molecule has 0 aromatic rings. The molecular formula is C12H20O2. The third-order valence-corrected chi connectivity index (χ3v) is 2.14. The number of carbonyl (C=O) groups is 2. The first-order chi connectivity index (χ1) is 6.38. The lowest BCUT2D eigenvalue weighted by atomic mass is 9.88. The summed E-state index contributed by atoms with van der Waals surface area (Å²) in [7, 11) is 0. The molecule has 0 saturated carbocycles. The monoisotopic (exact) mass is 196 g/mol. The van der Waals surface area contributed by atoms with Gasteiger partial charge < -0.3 is 0 Å². The quantitative estimate of drug-likeness (QED) is 0.483. The summed E-state index contributed by atoms with van der Waals surface area (Å²) >= 11 is 0. The van der Waals surface area contributed by atoms with E-state index in [2.05, 4.69) is 6.58 Å². The molecule has 0 bridgehead atoms. The van der Waals surface area contributed by atoms with Crippen LogP contribution in [0.4, 0.5) is 0 Å². The van der Waals surface area contributed by atoms with Gasteiger partial charge in [0.2, 0.25) is 0 Å². The molecule has 0 heterocycles. The van der Waals surface area contributed by atoms with Crippen LogP contribution in [-0.4, -0.2) is 11.6 Å². The van der Waals surface area contributed by atoms with Gasteiger partial charge >= 0.3 is 0 Å². The number of allylic oxidation sites excluding steroid dienone is 1. The maximum Gasteiger partial charge on any atom is 0.155 e. The van der Waals surface area contributed by atoms with Gasteiger partial charge in [-0.25, -0.2) is 0 Å². The topological polar surface area (TPSA) is 34.1 Å². The lowest BCUT2D eigenvalue weighted by molar-refractivity contribution is -0.126. The van der Waals surface area contributed by atoms with E-state index < -0.39 is 0 Å². The molecule has 0 aromatic carbocycles. The van der Waals surface area contributed by atoms with Crippen molar-refractivity contribution < 1.29 is 9.59 Å². The van der Waals surface area contributed by atoms with E-state index in [4.69, 9.17) is 0 Å². The Morgan fingerprint density at radius 3 is 2.07 bits per heavy atom.